The summed E-state index contributed by atoms with van der Waals surface area (Å²) in [6.07, 6.45) is 1.38. The molecule has 8 heteroatoms. The number of hydrogen-bond acceptors (Lipinski definition) is 5. The second kappa shape index (κ2) is 6.57. The Morgan fingerprint density at radius 2 is 2.33 bits per heavy atom. The summed E-state index contributed by atoms with van der Waals surface area (Å²) in [5.41, 5.74) is 7.00. The molecule has 0 atom stereocenters. The fraction of sp³-hybridized carbons (Fsp3) is 0.154. The van der Waals surface area contributed by atoms with Crippen molar-refractivity contribution in [1.29, 1.82) is 0 Å². The number of anilines is 1. The van der Waals surface area contributed by atoms with Crippen LogP contribution in [0.2, 0.25) is 0 Å². The summed E-state index contributed by atoms with van der Waals surface area (Å²) in [6, 6.07) is 7.33. The van der Waals surface area contributed by atoms with Crippen LogP contribution in [0.25, 0.3) is 0 Å². The first-order valence-corrected chi connectivity index (χ1v) is 7.12. The number of H-pyrrole nitrogens is 1. The molecule has 0 aliphatic heterocycles. The molecule has 2 aromatic rings. The van der Waals surface area contributed by atoms with Gasteiger partial charge in [0.1, 0.15) is 9.39 Å². The van der Waals surface area contributed by atoms with E-state index in [2.05, 4.69) is 15.1 Å². The van der Waals surface area contributed by atoms with Crippen LogP contribution in [-0.2, 0) is 6.54 Å². The third-order valence-electron chi connectivity index (χ3n) is 2.89. The van der Waals surface area contributed by atoms with E-state index in [0.717, 1.165) is 5.56 Å². The van der Waals surface area contributed by atoms with Crippen LogP contribution >= 0.6 is 22.6 Å². The van der Waals surface area contributed by atoms with Gasteiger partial charge in [-0.2, -0.15) is 0 Å². The Hall–Kier alpha value is -2.10. The molecule has 0 aliphatic rings. The van der Waals surface area contributed by atoms with Crippen molar-refractivity contribution in [3.05, 3.63) is 55.6 Å². The minimum absolute atomic E-state index is 0.0587. The summed E-state index contributed by atoms with van der Waals surface area (Å²) in [4.78, 5) is 20.2. The van der Waals surface area contributed by atoms with E-state index >= 15 is 0 Å². The van der Waals surface area contributed by atoms with Crippen LogP contribution in [-0.4, -0.2) is 28.1 Å². The summed E-state index contributed by atoms with van der Waals surface area (Å²) < 4.78 is 0.533. The van der Waals surface area contributed by atoms with Crippen molar-refractivity contribution in [2.45, 2.75) is 6.54 Å². The minimum atomic E-state index is -0.169. The Labute approximate surface area is 134 Å². The lowest BCUT2D eigenvalue weighted by molar-refractivity contribution is 0.318. The fourth-order valence-electron chi connectivity index (χ4n) is 1.88. The Kier molecular flexibility index (Phi) is 4.78. The van der Waals surface area contributed by atoms with Crippen LogP contribution in [0.1, 0.15) is 11.1 Å². The molecule has 0 saturated carbocycles. The molecular weight excluding hydrogens is 385 g/mol. The maximum absolute atomic E-state index is 11.6. The summed E-state index contributed by atoms with van der Waals surface area (Å²) >= 11 is 1.97. The van der Waals surface area contributed by atoms with E-state index in [1.165, 1.54) is 6.33 Å². The van der Waals surface area contributed by atoms with E-state index in [-0.39, 0.29) is 11.4 Å². The molecule has 1 aromatic heterocycles. The van der Waals surface area contributed by atoms with E-state index in [1.807, 2.05) is 52.7 Å². The molecule has 0 fully saturated rings. The first-order valence-electron chi connectivity index (χ1n) is 6.04. The van der Waals surface area contributed by atoms with Gasteiger partial charge < -0.3 is 20.8 Å². The second-order valence-corrected chi connectivity index (χ2v) is 5.49. The number of benzene rings is 1. The maximum atomic E-state index is 11.6. The first-order chi connectivity index (χ1) is 10.0. The number of amidine groups is 1. The third kappa shape index (κ3) is 3.51. The lowest BCUT2D eigenvalue weighted by Crippen LogP contribution is -2.23. The van der Waals surface area contributed by atoms with E-state index in [1.54, 1.807) is 6.07 Å². The number of aromatic amines is 1. The number of rotatable bonds is 4. The molecule has 0 aliphatic carbocycles. The van der Waals surface area contributed by atoms with Gasteiger partial charge in [0.05, 0.1) is 6.33 Å². The van der Waals surface area contributed by atoms with Crippen molar-refractivity contribution in [2.24, 2.45) is 10.9 Å². The van der Waals surface area contributed by atoms with Crippen molar-refractivity contribution >= 4 is 34.2 Å². The predicted octanol–water partition coefficient (Wildman–Crippen LogP) is 1.11. The SMILES string of the molecule is CN(Cc1cccc(/C(N)=N/O)c1)c1nc[nH]c(=O)c1I. The monoisotopic (exact) mass is 399 g/mol. The van der Waals surface area contributed by atoms with Gasteiger partial charge in [-0.1, -0.05) is 23.4 Å². The van der Waals surface area contributed by atoms with Gasteiger partial charge in [-0.05, 0) is 34.2 Å². The molecule has 0 unspecified atom stereocenters. The molecule has 21 heavy (non-hydrogen) atoms. The molecule has 2 rings (SSSR count). The molecule has 0 radical (unpaired) electrons. The van der Waals surface area contributed by atoms with Crippen LogP contribution in [0.15, 0.2) is 40.5 Å². The zero-order valence-electron chi connectivity index (χ0n) is 11.2. The number of nitrogens with zero attached hydrogens (tertiary/aromatic N) is 3. The molecule has 0 saturated heterocycles. The number of aromatic nitrogens is 2. The minimum Gasteiger partial charge on any atom is -0.409 e. The van der Waals surface area contributed by atoms with E-state index in [4.69, 9.17) is 10.9 Å². The van der Waals surface area contributed by atoms with E-state index < -0.39 is 0 Å². The van der Waals surface area contributed by atoms with Gasteiger partial charge in [0.15, 0.2) is 5.84 Å². The number of nitrogens with two attached hydrogens (primary N) is 1. The average molecular weight is 399 g/mol. The Morgan fingerprint density at radius 1 is 1.57 bits per heavy atom. The summed E-state index contributed by atoms with van der Waals surface area (Å²) in [5.74, 6) is 0.664. The second-order valence-electron chi connectivity index (χ2n) is 4.41. The lowest BCUT2D eigenvalue weighted by Gasteiger charge is -2.19. The largest absolute Gasteiger partial charge is 0.409 e. The highest BCUT2D eigenvalue weighted by Gasteiger charge is 2.11. The lowest BCUT2D eigenvalue weighted by atomic mass is 10.1. The molecular formula is C13H14IN5O2. The standard InChI is InChI=1S/C13H14IN5O2/c1-19(12-10(14)13(20)17-7-16-12)6-8-3-2-4-9(5-8)11(15)18-21/h2-5,7,21H,6H2,1H3,(H2,15,18)(H,16,17,20). The molecule has 0 spiro atoms. The zero-order valence-corrected chi connectivity index (χ0v) is 13.4. The van der Waals surface area contributed by atoms with Crippen molar-refractivity contribution in [2.75, 3.05) is 11.9 Å². The number of oxime groups is 1. The highest BCUT2D eigenvalue weighted by Crippen LogP contribution is 2.17. The van der Waals surface area contributed by atoms with Gasteiger partial charge in [0.25, 0.3) is 5.56 Å². The quantitative estimate of drug-likeness (QED) is 0.235. The molecule has 7 nitrogen and oxygen atoms in total. The highest BCUT2D eigenvalue weighted by atomic mass is 127. The summed E-state index contributed by atoms with van der Waals surface area (Å²) in [5, 5.41) is 11.7. The Bertz CT molecular complexity index is 728. The number of halogens is 1. The van der Waals surface area contributed by atoms with Gasteiger partial charge in [-0.25, -0.2) is 4.98 Å². The smallest absolute Gasteiger partial charge is 0.266 e. The number of nitrogens with one attached hydrogen (secondary N) is 1. The van der Waals surface area contributed by atoms with E-state index in [9.17, 15) is 4.79 Å². The summed E-state index contributed by atoms with van der Waals surface area (Å²) in [7, 11) is 1.85. The van der Waals surface area contributed by atoms with Gasteiger partial charge in [0.2, 0.25) is 0 Å². The fourth-order valence-corrected chi connectivity index (χ4v) is 2.58. The van der Waals surface area contributed by atoms with Crippen LogP contribution in [0.3, 0.4) is 0 Å². The van der Waals surface area contributed by atoms with Crippen LogP contribution in [0.4, 0.5) is 5.82 Å². The van der Waals surface area contributed by atoms with Crippen LogP contribution in [0, 0.1) is 3.57 Å². The van der Waals surface area contributed by atoms with Gasteiger partial charge in [0, 0.05) is 19.2 Å². The molecule has 1 heterocycles. The van der Waals surface area contributed by atoms with Crippen molar-refractivity contribution in [1.82, 2.24) is 9.97 Å². The Morgan fingerprint density at radius 3 is 3.05 bits per heavy atom. The highest BCUT2D eigenvalue weighted by molar-refractivity contribution is 14.1. The molecule has 4 N–H and O–H groups in total. The van der Waals surface area contributed by atoms with Crippen LogP contribution in [0.5, 0.6) is 0 Å². The van der Waals surface area contributed by atoms with Crippen molar-refractivity contribution in [3.8, 4) is 0 Å². The summed E-state index contributed by atoms with van der Waals surface area (Å²) in [6.45, 7) is 0.541. The maximum Gasteiger partial charge on any atom is 0.266 e. The van der Waals surface area contributed by atoms with E-state index in [0.29, 0.717) is 21.5 Å². The predicted molar refractivity (Wildman–Crippen MR) is 88.6 cm³/mol. The Balaban J connectivity index is 2.26. The molecule has 0 amide bonds. The molecule has 110 valence electrons. The van der Waals surface area contributed by atoms with Crippen LogP contribution < -0.4 is 16.2 Å². The zero-order chi connectivity index (χ0) is 15.4. The number of hydrogen-bond donors (Lipinski definition) is 3. The van der Waals surface area contributed by atoms with Gasteiger partial charge >= 0.3 is 0 Å². The van der Waals surface area contributed by atoms with Crippen molar-refractivity contribution < 1.29 is 5.21 Å². The molecule has 1 aromatic carbocycles. The van der Waals surface area contributed by atoms with Gasteiger partial charge in [-0.15, -0.1) is 0 Å². The third-order valence-corrected chi connectivity index (χ3v) is 3.86. The normalized spacial score (nSPS) is 11.4. The van der Waals surface area contributed by atoms with Gasteiger partial charge in [-0.3, -0.25) is 4.79 Å². The molecule has 0 bridgehead atoms. The average Bonchev–Trinajstić information content (AvgIpc) is 2.49. The topological polar surface area (TPSA) is 108 Å². The first kappa shape index (κ1) is 15.3. The van der Waals surface area contributed by atoms with Crippen molar-refractivity contribution in [3.63, 3.8) is 0 Å².